The van der Waals surface area contributed by atoms with Crippen molar-refractivity contribution in [3.63, 3.8) is 0 Å². The Bertz CT molecular complexity index is 503. The Morgan fingerprint density at radius 1 is 1.39 bits per heavy atom. The van der Waals surface area contributed by atoms with Crippen LogP contribution in [0.1, 0.15) is 26.2 Å². The van der Waals surface area contributed by atoms with Gasteiger partial charge in [-0.2, -0.15) is 5.10 Å². The maximum absolute atomic E-state index is 12.6. The number of likely N-dealkylation sites (tertiary alicyclic amines) is 2. The van der Waals surface area contributed by atoms with Crippen molar-refractivity contribution in [2.45, 2.75) is 38.8 Å². The number of carbonyl (C=O) groups is 1. The fourth-order valence-corrected chi connectivity index (χ4v) is 3.99. The molecular formula is C17H29N5O. The van der Waals surface area contributed by atoms with Crippen molar-refractivity contribution < 1.29 is 4.79 Å². The number of rotatable bonds is 4. The van der Waals surface area contributed by atoms with E-state index >= 15 is 0 Å². The van der Waals surface area contributed by atoms with Gasteiger partial charge in [0.25, 0.3) is 0 Å². The molecule has 1 aromatic rings. The van der Waals surface area contributed by atoms with Crippen LogP contribution in [0.5, 0.6) is 0 Å². The fraction of sp³-hybridized carbons (Fsp3) is 0.765. The van der Waals surface area contributed by atoms with E-state index in [-0.39, 0.29) is 6.03 Å². The number of fused-ring (bicyclic) bond motifs is 1. The van der Waals surface area contributed by atoms with Gasteiger partial charge in [-0.15, -0.1) is 0 Å². The zero-order chi connectivity index (χ0) is 16.2. The van der Waals surface area contributed by atoms with Crippen molar-refractivity contribution in [1.82, 2.24) is 24.9 Å². The van der Waals surface area contributed by atoms with Crippen molar-refractivity contribution in [3.05, 3.63) is 18.5 Å². The molecule has 6 heteroatoms. The minimum absolute atomic E-state index is 0.122. The predicted octanol–water partition coefficient (Wildman–Crippen LogP) is 1.64. The quantitative estimate of drug-likeness (QED) is 0.918. The SMILES string of the molecule is CC(CNC(=O)N1CCCC2CN(C)CCC21)Cn1cccn1. The van der Waals surface area contributed by atoms with E-state index in [1.165, 1.54) is 6.42 Å². The number of carbonyl (C=O) groups excluding carboxylic acids is 1. The second-order valence-corrected chi connectivity index (χ2v) is 7.23. The number of amides is 2. The molecule has 2 saturated heterocycles. The van der Waals surface area contributed by atoms with Gasteiger partial charge in [0.15, 0.2) is 0 Å². The number of piperidine rings is 2. The van der Waals surface area contributed by atoms with Crippen molar-refractivity contribution in [2.75, 3.05) is 33.2 Å². The van der Waals surface area contributed by atoms with Gasteiger partial charge in [0.2, 0.25) is 0 Å². The van der Waals surface area contributed by atoms with Crippen LogP contribution in [0.15, 0.2) is 18.5 Å². The molecule has 2 aliphatic rings. The lowest BCUT2D eigenvalue weighted by molar-refractivity contribution is 0.0530. The van der Waals surface area contributed by atoms with Gasteiger partial charge < -0.3 is 15.1 Å². The molecule has 1 aromatic heterocycles. The van der Waals surface area contributed by atoms with E-state index in [0.29, 0.717) is 24.4 Å². The van der Waals surface area contributed by atoms with Crippen LogP contribution in [-0.4, -0.2) is 64.9 Å². The summed E-state index contributed by atoms with van der Waals surface area (Å²) in [6, 6.07) is 2.48. The topological polar surface area (TPSA) is 53.4 Å². The number of nitrogens with one attached hydrogen (secondary N) is 1. The van der Waals surface area contributed by atoms with E-state index in [4.69, 9.17) is 0 Å². The molecule has 0 saturated carbocycles. The lowest BCUT2D eigenvalue weighted by Gasteiger charge is -2.46. The summed E-state index contributed by atoms with van der Waals surface area (Å²) < 4.78 is 1.92. The molecule has 0 bridgehead atoms. The Morgan fingerprint density at radius 2 is 2.26 bits per heavy atom. The molecular weight excluding hydrogens is 290 g/mol. The van der Waals surface area contributed by atoms with Gasteiger partial charge in [0, 0.05) is 44.6 Å². The Balaban J connectivity index is 1.49. The highest BCUT2D eigenvalue weighted by Gasteiger charge is 2.37. The van der Waals surface area contributed by atoms with E-state index < -0.39 is 0 Å². The Morgan fingerprint density at radius 3 is 3.04 bits per heavy atom. The van der Waals surface area contributed by atoms with E-state index in [9.17, 15) is 4.79 Å². The zero-order valence-electron chi connectivity index (χ0n) is 14.3. The molecule has 2 aliphatic heterocycles. The predicted molar refractivity (Wildman–Crippen MR) is 90.1 cm³/mol. The lowest BCUT2D eigenvalue weighted by Crippen LogP contribution is -2.57. The van der Waals surface area contributed by atoms with Crippen LogP contribution in [0.4, 0.5) is 4.79 Å². The third-order valence-corrected chi connectivity index (χ3v) is 5.19. The van der Waals surface area contributed by atoms with Crippen molar-refractivity contribution in [2.24, 2.45) is 11.8 Å². The first kappa shape index (κ1) is 16.3. The number of aromatic nitrogens is 2. The van der Waals surface area contributed by atoms with E-state index in [1.807, 2.05) is 16.9 Å². The van der Waals surface area contributed by atoms with E-state index in [2.05, 4.69) is 34.2 Å². The second-order valence-electron chi connectivity index (χ2n) is 7.23. The maximum atomic E-state index is 12.6. The average molecular weight is 319 g/mol. The molecule has 23 heavy (non-hydrogen) atoms. The average Bonchev–Trinajstić information content (AvgIpc) is 3.04. The Labute approximate surface area is 138 Å². The van der Waals surface area contributed by atoms with Gasteiger partial charge in [-0.1, -0.05) is 6.92 Å². The lowest BCUT2D eigenvalue weighted by atomic mass is 9.84. The zero-order valence-corrected chi connectivity index (χ0v) is 14.3. The number of hydrogen-bond acceptors (Lipinski definition) is 3. The number of nitrogens with zero attached hydrogens (tertiary/aromatic N) is 4. The van der Waals surface area contributed by atoms with Crippen LogP contribution < -0.4 is 5.32 Å². The highest BCUT2D eigenvalue weighted by atomic mass is 16.2. The van der Waals surface area contributed by atoms with Crippen LogP contribution in [0.3, 0.4) is 0 Å². The van der Waals surface area contributed by atoms with Gasteiger partial charge in [-0.3, -0.25) is 4.68 Å². The molecule has 1 N–H and O–H groups in total. The van der Waals surface area contributed by atoms with Crippen LogP contribution in [0, 0.1) is 11.8 Å². The first-order valence-electron chi connectivity index (χ1n) is 8.84. The van der Waals surface area contributed by atoms with Crippen molar-refractivity contribution >= 4 is 6.03 Å². The minimum atomic E-state index is 0.122. The Kier molecular flexibility index (Phi) is 5.20. The summed E-state index contributed by atoms with van der Waals surface area (Å²) in [6.45, 7) is 6.82. The molecule has 0 radical (unpaired) electrons. The summed E-state index contributed by atoms with van der Waals surface area (Å²) in [5.41, 5.74) is 0. The smallest absolute Gasteiger partial charge is 0.317 e. The molecule has 3 heterocycles. The van der Waals surface area contributed by atoms with Gasteiger partial charge >= 0.3 is 6.03 Å². The Hall–Kier alpha value is -1.56. The number of urea groups is 1. The molecule has 2 fully saturated rings. The summed E-state index contributed by atoms with van der Waals surface area (Å²) >= 11 is 0. The first-order chi connectivity index (χ1) is 11.1. The molecule has 3 rings (SSSR count). The third kappa shape index (κ3) is 4.05. The molecule has 6 nitrogen and oxygen atoms in total. The third-order valence-electron chi connectivity index (χ3n) is 5.19. The summed E-state index contributed by atoms with van der Waals surface area (Å²) in [5, 5.41) is 7.36. The molecule has 2 amide bonds. The summed E-state index contributed by atoms with van der Waals surface area (Å²) in [4.78, 5) is 17.1. The molecule has 128 valence electrons. The summed E-state index contributed by atoms with van der Waals surface area (Å²) in [5.74, 6) is 1.02. The monoisotopic (exact) mass is 319 g/mol. The molecule has 0 aliphatic carbocycles. The molecule has 3 atom stereocenters. The van der Waals surface area contributed by atoms with Crippen LogP contribution >= 0.6 is 0 Å². The molecule has 3 unspecified atom stereocenters. The first-order valence-corrected chi connectivity index (χ1v) is 8.84. The standard InChI is InChI=1S/C17H29N5O/c1-14(12-21-8-4-7-19-21)11-18-17(23)22-9-3-5-15-13-20(2)10-6-16(15)22/h4,7-8,14-16H,3,5-6,9-13H2,1-2H3,(H,18,23). The van der Waals surface area contributed by atoms with Gasteiger partial charge in [-0.05, 0) is 50.8 Å². The highest BCUT2D eigenvalue weighted by Crippen LogP contribution is 2.30. The van der Waals surface area contributed by atoms with Crippen LogP contribution in [-0.2, 0) is 6.54 Å². The van der Waals surface area contributed by atoms with Gasteiger partial charge in [0.05, 0.1) is 0 Å². The van der Waals surface area contributed by atoms with Crippen LogP contribution in [0.25, 0.3) is 0 Å². The van der Waals surface area contributed by atoms with Crippen molar-refractivity contribution in [3.8, 4) is 0 Å². The highest BCUT2D eigenvalue weighted by molar-refractivity contribution is 5.74. The summed E-state index contributed by atoms with van der Waals surface area (Å²) in [7, 11) is 2.19. The van der Waals surface area contributed by atoms with Crippen molar-refractivity contribution in [1.29, 1.82) is 0 Å². The van der Waals surface area contributed by atoms with Gasteiger partial charge in [-0.25, -0.2) is 4.79 Å². The molecule has 0 aromatic carbocycles. The maximum Gasteiger partial charge on any atom is 0.317 e. The summed E-state index contributed by atoms with van der Waals surface area (Å²) in [6.07, 6.45) is 7.25. The fourth-order valence-electron chi connectivity index (χ4n) is 3.99. The van der Waals surface area contributed by atoms with E-state index in [1.54, 1.807) is 6.20 Å². The minimum Gasteiger partial charge on any atom is -0.338 e. The normalized spacial score (nSPS) is 26.6. The van der Waals surface area contributed by atoms with E-state index in [0.717, 1.165) is 39.0 Å². The molecule has 0 spiro atoms. The largest absolute Gasteiger partial charge is 0.338 e. The van der Waals surface area contributed by atoms with Gasteiger partial charge in [0.1, 0.15) is 0 Å². The second kappa shape index (κ2) is 7.34. The number of hydrogen-bond donors (Lipinski definition) is 1. The van der Waals surface area contributed by atoms with Crippen LogP contribution in [0.2, 0.25) is 0 Å².